The van der Waals surface area contributed by atoms with Gasteiger partial charge in [0.2, 0.25) is 0 Å². The third-order valence-electron chi connectivity index (χ3n) is 2.13. The summed E-state index contributed by atoms with van der Waals surface area (Å²) < 4.78 is 26.0. The fraction of sp³-hybridized carbons (Fsp3) is 0.200. The van der Waals surface area contributed by atoms with E-state index < -0.39 is 11.6 Å². The quantitative estimate of drug-likeness (QED) is 0.821. The maximum absolute atomic E-state index is 13.3. The first-order valence-electron chi connectivity index (χ1n) is 4.73. The topological polar surface area (TPSA) is 67.6 Å². The maximum atomic E-state index is 13.3. The zero-order valence-electron chi connectivity index (χ0n) is 8.37. The highest BCUT2D eigenvalue weighted by Gasteiger charge is 2.07. The highest BCUT2D eigenvalue weighted by atomic mass is 19.1. The van der Waals surface area contributed by atoms with Gasteiger partial charge in [0, 0.05) is 12.5 Å². The minimum Gasteiger partial charge on any atom is -0.324 e. The van der Waals surface area contributed by atoms with Gasteiger partial charge < -0.3 is 5.73 Å². The number of H-pyrrole nitrogens is 1. The Bertz CT molecular complexity index is 495. The van der Waals surface area contributed by atoms with Crippen LogP contribution in [0.3, 0.4) is 0 Å². The van der Waals surface area contributed by atoms with Crippen LogP contribution in [0.5, 0.6) is 0 Å². The number of nitrogens with one attached hydrogen (secondary N) is 1. The van der Waals surface area contributed by atoms with Gasteiger partial charge in [-0.3, -0.25) is 5.10 Å². The van der Waals surface area contributed by atoms with Gasteiger partial charge in [-0.2, -0.15) is 5.10 Å². The first-order chi connectivity index (χ1) is 7.69. The molecule has 0 amide bonds. The summed E-state index contributed by atoms with van der Waals surface area (Å²) in [7, 11) is 0. The predicted octanol–water partition coefficient (Wildman–Crippen LogP) is 1.13. The predicted molar refractivity (Wildman–Crippen MR) is 53.4 cm³/mol. The Morgan fingerprint density at radius 2 is 2.12 bits per heavy atom. The van der Waals surface area contributed by atoms with E-state index in [-0.39, 0.29) is 13.0 Å². The van der Waals surface area contributed by atoms with Crippen LogP contribution in [0.25, 0.3) is 0 Å². The van der Waals surface area contributed by atoms with Crippen LogP contribution < -0.4 is 5.73 Å². The molecule has 0 radical (unpaired) electrons. The van der Waals surface area contributed by atoms with Gasteiger partial charge in [0.25, 0.3) is 0 Å². The smallest absolute Gasteiger partial charge is 0.164 e. The molecule has 1 heterocycles. The summed E-state index contributed by atoms with van der Waals surface area (Å²) in [5.74, 6) is -0.212. The number of nitrogens with zero attached hydrogens (tertiary/aromatic N) is 2. The summed E-state index contributed by atoms with van der Waals surface area (Å²) in [6.45, 7) is 0.225. The summed E-state index contributed by atoms with van der Waals surface area (Å²) >= 11 is 0. The fourth-order valence-electron chi connectivity index (χ4n) is 1.35. The molecule has 0 aliphatic rings. The number of benzene rings is 1. The monoisotopic (exact) mass is 224 g/mol. The van der Waals surface area contributed by atoms with E-state index in [4.69, 9.17) is 5.73 Å². The molecule has 6 heteroatoms. The molecule has 84 valence electrons. The molecule has 2 aromatic rings. The van der Waals surface area contributed by atoms with Crippen LogP contribution in [-0.2, 0) is 13.0 Å². The molecule has 3 N–H and O–H groups in total. The van der Waals surface area contributed by atoms with Gasteiger partial charge in [-0.15, -0.1) is 0 Å². The van der Waals surface area contributed by atoms with Gasteiger partial charge >= 0.3 is 0 Å². The molecule has 0 saturated carbocycles. The van der Waals surface area contributed by atoms with Gasteiger partial charge in [-0.1, -0.05) is 6.07 Å². The molecule has 0 saturated heterocycles. The molecule has 0 atom stereocenters. The minimum atomic E-state index is -0.596. The van der Waals surface area contributed by atoms with E-state index in [0.29, 0.717) is 17.2 Å². The molecule has 0 aliphatic heterocycles. The lowest BCUT2D eigenvalue weighted by Crippen LogP contribution is -1.99. The number of aromatic nitrogens is 3. The van der Waals surface area contributed by atoms with Crippen LogP contribution >= 0.6 is 0 Å². The van der Waals surface area contributed by atoms with Crippen molar-refractivity contribution in [2.75, 3.05) is 0 Å². The van der Waals surface area contributed by atoms with Crippen LogP contribution in [0.1, 0.15) is 17.2 Å². The summed E-state index contributed by atoms with van der Waals surface area (Å²) in [6.07, 6.45) is 0.235. The largest absolute Gasteiger partial charge is 0.324 e. The molecule has 0 aliphatic carbocycles. The zero-order valence-corrected chi connectivity index (χ0v) is 8.37. The van der Waals surface area contributed by atoms with E-state index >= 15 is 0 Å². The Hall–Kier alpha value is -1.82. The van der Waals surface area contributed by atoms with Crippen molar-refractivity contribution in [3.8, 4) is 0 Å². The Morgan fingerprint density at radius 3 is 2.75 bits per heavy atom. The van der Waals surface area contributed by atoms with Crippen molar-refractivity contribution < 1.29 is 8.78 Å². The van der Waals surface area contributed by atoms with Crippen LogP contribution in [-0.4, -0.2) is 15.2 Å². The Balaban J connectivity index is 2.20. The van der Waals surface area contributed by atoms with E-state index in [1.807, 2.05) is 0 Å². The first kappa shape index (κ1) is 10.7. The Kier molecular flexibility index (Phi) is 2.91. The van der Waals surface area contributed by atoms with E-state index in [1.165, 1.54) is 12.1 Å². The van der Waals surface area contributed by atoms with Crippen molar-refractivity contribution in [3.05, 3.63) is 47.0 Å². The summed E-state index contributed by atoms with van der Waals surface area (Å²) in [5.41, 5.74) is 5.70. The van der Waals surface area contributed by atoms with Gasteiger partial charge in [-0.25, -0.2) is 13.8 Å². The fourth-order valence-corrected chi connectivity index (χ4v) is 1.35. The van der Waals surface area contributed by atoms with Crippen molar-refractivity contribution in [2.24, 2.45) is 5.73 Å². The normalized spacial score (nSPS) is 10.7. The molecule has 0 spiro atoms. The maximum Gasteiger partial charge on any atom is 0.164 e. The molecule has 0 bridgehead atoms. The molecule has 0 fully saturated rings. The van der Waals surface area contributed by atoms with E-state index in [1.54, 1.807) is 0 Å². The lowest BCUT2D eigenvalue weighted by atomic mass is 10.1. The highest BCUT2D eigenvalue weighted by molar-refractivity contribution is 5.21. The molecular formula is C10H10F2N4. The van der Waals surface area contributed by atoms with Crippen molar-refractivity contribution in [1.29, 1.82) is 0 Å². The zero-order chi connectivity index (χ0) is 11.5. The van der Waals surface area contributed by atoms with Gasteiger partial charge in [-0.05, 0) is 11.6 Å². The standard InChI is InChI=1S/C10H10F2N4/c11-7-2-1-6(8(12)4-7)3-9-14-10(5-13)16-15-9/h1-2,4H,3,5,13H2,(H,14,15,16). The van der Waals surface area contributed by atoms with Crippen molar-refractivity contribution in [1.82, 2.24) is 15.2 Å². The number of aromatic amines is 1. The molecular weight excluding hydrogens is 214 g/mol. The van der Waals surface area contributed by atoms with Crippen LogP contribution in [0.15, 0.2) is 18.2 Å². The molecule has 1 aromatic heterocycles. The molecule has 16 heavy (non-hydrogen) atoms. The number of hydrogen-bond acceptors (Lipinski definition) is 3. The number of nitrogens with two attached hydrogens (primary N) is 1. The summed E-state index contributed by atoms with van der Waals surface area (Å²) in [5, 5.41) is 6.47. The van der Waals surface area contributed by atoms with Gasteiger partial charge in [0.05, 0.1) is 6.54 Å². The van der Waals surface area contributed by atoms with Gasteiger partial charge in [0.15, 0.2) is 5.82 Å². The second-order valence-corrected chi connectivity index (χ2v) is 3.31. The van der Waals surface area contributed by atoms with Crippen molar-refractivity contribution >= 4 is 0 Å². The lowest BCUT2D eigenvalue weighted by Gasteiger charge is -1.99. The van der Waals surface area contributed by atoms with Crippen LogP contribution in [0.2, 0.25) is 0 Å². The summed E-state index contributed by atoms with van der Waals surface area (Å²) in [4.78, 5) is 4.04. The van der Waals surface area contributed by atoms with E-state index in [9.17, 15) is 8.78 Å². The molecule has 4 nitrogen and oxygen atoms in total. The molecule has 1 aromatic carbocycles. The van der Waals surface area contributed by atoms with E-state index in [0.717, 1.165) is 6.07 Å². The lowest BCUT2D eigenvalue weighted by molar-refractivity contribution is 0.573. The molecule has 0 unspecified atom stereocenters. The third-order valence-corrected chi connectivity index (χ3v) is 2.13. The summed E-state index contributed by atoms with van der Waals surface area (Å²) in [6, 6.07) is 3.43. The van der Waals surface area contributed by atoms with Crippen LogP contribution in [0.4, 0.5) is 8.78 Å². The minimum absolute atomic E-state index is 0.225. The second kappa shape index (κ2) is 4.36. The van der Waals surface area contributed by atoms with Crippen LogP contribution in [0, 0.1) is 11.6 Å². The van der Waals surface area contributed by atoms with E-state index in [2.05, 4.69) is 15.2 Å². The highest BCUT2D eigenvalue weighted by Crippen LogP contribution is 2.12. The van der Waals surface area contributed by atoms with Crippen molar-refractivity contribution in [2.45, 2.75) is 13.0 Å². The van der Waals surface area contributed by atoms with Crippen molar-refractivity contribution in [3.63, 3.8) is 0 Å². The number of halogens is 2. The number of hydrogen-bond donors (Lipinski definition) is 2. The Labute approximate surface area is 90.5 Å². The average molecular weight is 224 g/mol. The molecule has 2 rings (SSSR count). The average Bonchev–Trinajstić information content (AvgIpc) is 2.70. The Morgan fingerprint density at radius 1 is 1.31 bits per heavy atom. The van der Waals surface area contributed by atoms with Gasteiger partial charge in [0.1, 0.15) is 17.5 Å². The number of rotatable bonds is 3. The second-order valence-electron chi connectivity index (χ2n) is 3.31. The first-order valence-corrected chi connectivity index (χ1v) is 4.73. The third kappa shape index (κ3) is 2.22. The SMILES string of the molecule is NCc1n[nH]c(Cc2ccc(F)cc2F)n1.